The van der Waals surface area contributed by atoms with Gasteiger partial charge in [-0.25, -0.2) is 9.97 Å². The van der Waals surface area contributed by atoms with Gasteiger partial charge in [0.25, 0.3) is 0 Å². The van der Waals surface area contributed by atoms with Crippen molar-refractivity contribution in [2.45, 2.75) is 19.9 Å². The van der Waals surface area contributed by atoms with Crippen molar-refractivity contribution in [1.82, 2.24) is 19.7 Å². The van der Waals surface area contributed by atoms with Crippen LogP contribution < -0.4 is 10.6 Å². The van der Waals surface area contributed by atoms with Gasteiger partial charge in [0.1, 0.15) is 17.2 Å². The lowest BCUT2D eigenvalue weighted by Gasteiger charge is -2.12. The molecule has 0 aliphatic carbocycles. The summed E-state index contributed by atoms with van der Waals surface area (Å²) in [5.41, 5.74) is 6.97. The smallest absolute Gasteiger partial charge is 0.242 e. The van der Waals surface area contributed by atoms with E-state index in [4.69, 9.17) is 9.97 Å². The van der Waals surface area contributed by atoms with E-state index >= 15 is 0 Å². The van der Waals surface area contributed by atoms with Crippen molar-refractivity contribution >= 4 is 23.1 Å². The molecule has 1 unspecified atom stereocenters. The number of imidazole rings is 1. The van der Waals surface area contributed by atoms with E-state index < -0.39 is 0 Å². The van der Waals surface area contributed by atoms with Crippen molar-refractivity contribution in [3.8, 4) is 23.1 Å². The van der Waals surface area contributed by atoms with E-state index in [0.717, 1.165) is 46.0 Å². The standard InChI is InChI=1S/C29H26N6O/c1-19-28(35-18-5-4-8-27(35)32-19)23-14-16-26(34-29(36)20(2)30-3)33-25(23)15-11-21-9-12-22(13-10-21)24-7-6-17-31-24/h4-10,12-14,16,18,20,30H,17H2,1-3H3,(H,33,34,36). The molecular weight excluding hydrogens is 448 g/mol. The lowest BCUT2D eigenvalue weighted by Crippen LogP contribution is -2.35. The molecular formula is C29H26N6O. The molecule has 1 aliphatic heterocycles. The third-order valence-corrected chi connectivity index (χ3v) is 6.08. The van der Waals surface area contributed by atoms with Crippen molar-refractivity contribution in [3.63, 3.8) is 0 Å². The Hall–Kier alpha value is -4.54. The first-order valence-electron chi connectivity index (χ1n) is 11.8. The highest BCUT2D eigenvalue weighted by Gasteiger charge is 2.17. The molecule has 1 amide bonds. The number of carbonyl (C=O) groups is 1. The monoisotopic (exact) mass is 474 g/mol. The molecule has 1 atom stereocenters. The van der Waals surface area contributed by atoms with Gasteiger partial charge >= 0.3 is 0 Å². The number of hydrogen-bond donors (Lipinski definition) is 2. The number of aliphatic imine (C=N–C) groups is 1. The molecule has 4 heterocycles. The molecule has 0 spiro atoms. The summed E-state index contributed by atoms with van der Waals surface area (Å²) in [7, 11) is 1.74. The number of anilines is 1. The van der Waals surface area contributed by atoms with Crippen LogP contribution in [0.15, 0.2) is 77.9 Å². The van der Waals surface area contributed by atoms with Crippen LogP contribution in [0.3, 0.4) is 0 Å². The summed E-state index contributed by atoms with van der Waals surface area (Å²) < 4.78 is 2.03. The Morgan fingerprint density at radius 1 is 1.06 bits per heavy atom. The number of benzene rings is 1. The predicted octanol–water partition coefficient (Wildman–Crippen LogP) is 4.01. The van der Waals surface area contributed by atoms with Crippen molar-refractivity contribution in [3.05, 3.63) is 95.5 Å². The molecule has 0 bridgehead atoms. The van der Waals surface area contributed by atoms with Crippen molar-refractivity contribution in [1.29, 1.82) is 0 Å². The summed E-state index contributed by atoms with van der Waals surface area (Å²) in [5.74, 6) is 6.76. The summed E-state index contributed by atoms with van der Waals surface area (Å²) in [6, 6.07) is 17.3. The number of nitrogens with one attached hydrogen (secondary N) is 2. The average Bonchev–Trinajstić information content (AvgIpc) is 3.55. The summed E-state index contributed by atoms with van der Waals surface area (Å²) in [6.07, 6.45) is 6.05. The van der Waals surface area contributed by atoms with E-state index in [1.165, 1.54) is 0 Å². The molecule has 0 fully saturated rings. The maximum Gasteiger partial charge on any atom is 0.242 e. The van der Waals surface area contributed by atoms with Crippen LogP contribution in [0.5, 0.6) is 0 Å². The van der Waals surface area contributed by atoms with Crippen LogP contribution in [-0.4, -0.2) is 45.6 Å². The van der Waals surface area contributed by atoms with E-state index in [-0.39, 0.29) is 11.9 Å². The zero-order valence-electron chi connectivity index (χ0n) is 20.4. The fourth-order valence-corrected chi connectivity index (χ4v) is 4.03. The SMILES string of the molecule is CNC(C)C(=O)Nc1ccc(-c2c(C)nc3ccccn23)c(C#Cc2ccc(C3=NCC=C3)cc2)n1. The second-order valence-electron chi connectivity index (χ2n) is 8.52. The zero-order chi connectivity index (χ0) is 25.1. The molecule has 36 heavy (non-hydrogen) atoms. The topological polar surface area (TPSA) is 83.7 Å². The maximum absolute atomic E-state index is 12.4. The number of hydrogen-bond acceptors (Lipinski definition) is 5. The number of nitrogens with zero attached hydrogens (tertiary/aromatic N) is 4. The normalized spacial score (nSPS) is 13.2. The van der Waals surface area contributed by atoms with Gasteiger partial charge in [-0.2, -0.15) is 0 Å². The number of allylic oxidation sites excluding steroid dienone is 1. The average molecular weight is 475 g/mol. The van der Waals surface area contributed by atoms with Gasteiger partial charge in [0, 0.05) is 17.3 Å². The fraction of sp³-hybridized carbons (Fsp3) is 0.172. The van der Waals surface area contributed by atoms with E-state index in [1.807, 2.05) is 78.2 Å². The summed E-state index contributed by atoms with van der Waals surface area (Å²) in [6.45, 7) is 4.50. The Morgan fingerprint density at radius 2 is 1.89 bits per heavy atom. The van der Waals surface area contributed by atoms with Crippen molar-refractivity contribution < 1.29 is 4.79 Å². The fourth-order valence-electron chi connectivity index (χ4n) is 4.03. The van der Waals surface area contributed by atoms with Crippen molar-refractivity contribution in [2.75, 3.05) is 18.9 Å². The van der Waals surface area contributed by atoms with Crippen LogP contribution in [0, 0.1) is 18.8 Å². The first-order valence-corrected chi connectivity index (χ1v) is 11.8. The third-order valence-electron chi connectivity index (χ3n) is 6.08. The van der Waals surface area contributed by atoms with Gasteiger partial charge < -0.3 is 10.6 Å². The molecule has 7 heteroatoms. The van der Waals surface area contributed by atoms with Crippen LogP contribution >= 0.6 is 0 Å². The van der Waals surface area contributed by atoms with Crippen molar-refractivity contribution in [2.24, 2.45) is 4.99 Å². The minimum atomic E-state index is -0.347. The third kappa shape index (κ3) is 4.67. The second kappa shape index (κ2) is 9.98. The summed E-state index contributed by atoms with van der Waals surface area (Å²) >= 11 is 0. The number of aromatic nitrogens is 3. The van der Waals surface area contributed by atoms with Crippen LogP contribution in [0.25, 0.3) is 16.9 Å². The Labute approximate surface area is 210 Å². The van der Waals surface area contributed by atoms with Crippen LogP contribution in [0.4, 0.5) is 5.82 Å². The molecule has 0 saturated heterocycles. The molecule has 0 saturated carbocycles. The predicted molar refractivity (Wildman–Crippen MR) is 143 cm³/mol. The molecule has 3 aromatic heterocycles. The molecule has 1 aliphatic rings. The Bertz CT molecular complexity index is 1570. The van der Waals surface area contributed by atoms with E-state index in [1.54, 1.807) is 20.0 Å². The molecule has 5 rings (SSSR count). The van der Waals surface area contributed by atoms with Gasteiger partial charge in [-0.3, -0.25) is 14.2 Å². The molecule has 7 nitrogen and oxygen atoms in total. The van der Waals surface area contributed by atoms with E-state index in [0.29, 0.717) is 11.5 Å². The highest BCUT2D eigenvalue weighted by Crippen LogP contribution is 2.28. The number of fused-ring (bicyclic) bond motifs is 1. The summed E-state index contributed by atoms with van der Waals surface area (Å²) in [4.78, 5) is 26.3. The van der Waals surface area contributed by atoms with E-state index in [2.05, 4.69) is 27.5 Å². The maximum atomic E-state index is 12.4. The molecule has 0 radical (unpaired) electrons. The first-order chi connectivity index (χ1) is 17.5. The van der Waals surface area contributed by atoms with Gasteiger partial charge in [0.2, 0.25) is 5.91 Å². The Kier molecular flexibility index (Phi) is 6.44. The molecule has 178 valence electrons. The second-order valence-corrected chi connectivity index (χ2v) is 8.52. The van der Waals surface area contributed by atoms with E-state index in [9.17, 15) is 4.79 Å². The zero-order valence-corrected chi connectivity index (χ0v) is 20.4. The first kappa shape index (κ1) is 23.2. The molecule has 1 aromatic carbocycles. The van der Waals surface area contributed by atoms with Crippen LogP contribution in [0.1, 0.15) is 29.4 Å². The number of pyridine rings is 2. The molecule has 4 aromatic rings. The minimum Gasteiger partial charge on any atom is -0.309 e. The summed E-state index contributed by atoms with van der Waals surface area (Å²) in [5, 5.41) is 5.81. The number of aryl methyl sites for hydroxylation is 1. The van der Waals surface area contributed by atoms with Crippen LogP contribution in [0.2, 0.25) is 0 Å². The number of likely N-dealkylation sites (N-methyl/N-ethyl adjacent to an activating group) is 1. The highest BCUT2D eigenvalue weighted by atomic mass is 16.2. The highest BCUT2D eigenvalue weighted by molar-refractivity contribution is 6.09. The minimum absolute atomic E-state index is 0.165. The van der Waals surface area contributed by atoms with Gasteiger partial charge in [-0.05, 0) is 74.9 Å². The number of carbonyl (C=O) groups excluding carboxylic acids is 1. The quantitative estimate of drug-likeness (QED) is 0.428. The number of rotatable bonds is 5. The molecule has 2 N–H and O–H groups in total. The van der Waals surface area contributed by atoms with Crippen LogP contribution in [-0.2, 0) is 4.79 Å². The Morgan fingerprint density at radius 3 is 2.64 bits per heavy atom. The number of amides is 1. The lowest BCUT2D eigenvalue weighted by molar-refractivity contribution is -0.117. The van der Waals surface area contributed by atoms with Gasteiger partial charge in [0.15, 0.2) is 0 Å². The Balaban J connectivity index is 1.56. The van der Waals surface area contributed by atoms with Gasteiger partial charge in [-0.15, -0.1) is 0 Å². The van der Waals surface area contributed by atoms with Gasteiger partial charge in [-0.1, -0.05) is 30.2 Å². The largest absolute Gasteiger partial charge is 0.309 e. The van der Waals surface area contributed by atoms with Gasteiger partial charge in [0.05, 0.1) is 29.7 Å². The lowest BCUT2D eigenvalue weighted by atomic mass is 10.1.